The molecule has 2 bridgehead atoms. The van der Waals surface area contributed by atoms with Gasteiger partial charge in [0.1, 0.15) is 6.10 Å². The Balaban J connectivity index is 0.000000287. The number of phenols is 1. The molecule has 2 saturated carbocycles. The predicted molar refractivity (Wildman–Crippen MR) is 123 cm³/mol. The van der Waals surface area contributed by atoms with Crippen LogP contribution in [0.15, 0.2) is 12.1 Å². The Morgan fingerprint density at radius 1 is 1.21 bits per heavy atom. The minimum Gasteiger partial charge on any atom is -0.504 e. The minimum absolute atomic E-state index is 0.0819. The largest absolute Gasteiger partial charge is 0.504 e. The Morgan fingerprint density at radius 2 is 1.91 bits per heavy atom. The zero-order valence-corrected chi connectivity index (χ0v) is 19.9. The van der Waals surface area contributed by atoms with E-state index in [1.807, 2.05) is 6.07 Å². The molecule has 0 radical (unpaired) electrons. The fourth-order valence-electron chi connectivity index (χ4n) is 6.83. The van der Waals surface area contributed by atoms with E-state index >= 15 is 0 Å². The van der Waals surface area contributed by atoms with Gasteiger partial charge in [-0.05, 0) is 83.4 Å². The fraction of sp³-hybridized carbons (Fsp3) is 0.731. The predicted octanol–water partition coefficient (Wildman–Crippen LogP) is 2.82. The number of piperidine rings is 1. The van der Waals surface area contributed by atoms with Crippen molar-refractivity contribution >= 4 is 5.97 Å². The van der Waals surface area contributed by atoms with E-state index in [2.05, 4.69) is 4.90 Å². The van der Waals surface area contributed by atoms with Crippen LogP contribution in [0.4, 0.5) is 0 Å². The Morgan fingerprint density at radius 3 is 2.52 bits per heavy atom. The van der Waals surface area contributed by atoms with Crippen LogP contribution in [-0.2, 0) is 16.6 Å². The molecule has 0 amide bonds. The van der Waals surface area contributed by atoms with Gasteiger partial charge in [0.2, 0.25) is 0 Å². The quantitative estimate of drug-likeness (QED) is 0.538. The molecule has 4 N–H and O–H groups in total. The average Bonchev–Trinajstić information content (AvgIpc) is 3.06. The summed E-state index contributed by atoms with van der Waals surface area (Å²) in [6.45, 7) is 7.00. The van der Waals surface area contributed by atoms with Crippen molar-refractivity contribution in [1.29, 1.82) is 0 Å². The minimum atomic E-state index is -0.884. The zero-order valence-electron chi connectivity index (χ0n) is 19.9. The molecular weight excluding hydrogens is 422 g/mol. The van der Waals surface area contributed by atoms with E-state index in [0.717, 1.165) is 37.4 Å². The fourth-order valence-corrected chi connectivity index (χ4v) is 6.83. The zero-order chi connectivity index (χ0) is 23.8. The van der Waals surface area contributed by atoms with Crippen LogP contribution in [0.1, 0.15) is 70.4 Å². The van der Waals surface area contributed by atoms with Crippen LogP contribution < -0.4 is 4.74 Å². The molecule has 33 heavy (non-hydrogen) atoms. The van der Waals surface area contributed by atoms with Crippen molar-refractivity contribution in [2.75, 3.05) is 13.1 Å². The van der Waals surface area contributed by atoms with Gasteiger partial charge in [0.15, 0.2) is 11.5 Å². The summed E-state index contributed by atoms with van der Waals surface area (Å²) in [6.07, 6.45) is 5.68. The molecular formula is C26H37NO6. The highest BCUT2D eigenvalue weighted by atomic mass is 16.5. The average molecular weight is 460 g/mol. The normalized spacial score (nSPS) is 36.7. The molecule has 5 atom stereocenters. The summed E-state index contributed by atoms with van der Waals surface area (Å²) in [5.41, 5.74) is 0.128. The van der Waals surface area contributed by atoms with Crippen LogP contribution in [0.2, 0.25) is 0 Å². The second-order valence-corrected chi connectivity index (χ2v) is 11.8. The first-order chi connectivity index (χ1) is 15.5. The maximum absolute atomic E-state index is 12.1. The lowest BCUT2D eigenvalue weighted by Crippen LogP contribution is -2.77. The van der Waals surface area contributed by atoms with Gasteiger partial charge in [0.25, 0.3) is 0 Å². The first-order valence-electron chi connectivity index (χ1n) is 12.4. The van der Waals surface area contributed by atoms with Gasteiger partial charge in [-0.15, -0.1) is 0 Å². The number of aromatic hydroxyl groups is 1. The number of carboxylic acid groups (broad SMARTS) is 1. The van der Waals surface area contributed by atoms with Gasteiger partial charge < -0.3 is 25.2 Å². The van der Waals surface area contributed by atoms with Gasteiger partial charge in [0, 0.05) is 18.2 Å². The molecule has 3 fully saturated rings. The smallest absolute Gasteiger partial charge is 0.308 e. The van der Waals surface area contributed by atoms with E-state index in [9.17, 15) is 20.1 Å². The molecule has 1 aromatic rings. The van der Waals surface area contributed by atoms with Gasteiger partial charge in [-0.25, -0.2) is 0 Å². The van der Waals surface area contributed by atoms with E-state index in [1.54, 1.807) is 26.8 Å². The lowest BCUT2D eigenvalue weighted by molar-refractivity contribution is -0.209. The molecule has 182 valence electrons. The number of aliphatic carboxylic acids is 1. The summed E-state index contributed by atoms with van der Waals surface area (Å²) in [5, 5.41) is 41.4. The molecule has 2 heterocycles. The lowest BCUT2D eigenvalue weighted by Gasteiger charge is -2.64. The third-order valence-electron chi connectivity index (χ3n) is 8.90. The third-order valence-corrected chi connectivity index (χ3v) is 8.90. The monoisotopic (exact) mass is 459 g/mol. The summed E-state index contributed by atoms with van der Waals surface area (Å²) < 4.78 is 6.16. The Kier molecular flexibility index (Phi) is 5.27. The van der Waals surface area contributed by atoms with E-state index in [-0.39, 0.29) is 11.8 Å². The van der Waals surface area contributed by atoms with Gasteiger partial charge in [0.05, 0.1) is 22.5 Å². The number of phenolic OH excluding ortho intramolecular Hbond substituents is 1. The number of aliphatic hydroxyl groups is 2. The molecule has 5 aliphatic rings. The lowest BCUT2D eigenvalue weighted by atomic mass is 9.48. The molecule has 7 heteroatoms. The van der Waals surface area contributed by atoms with Crippen molar-refractivity contribution in [1.82, 2.24) is 4.90 Å². The number of carboxylic acids is 1. The van der Waals surface area contributed by atoms with Crippen LogP contribution in [0.3, 0.4) is 0 Å². The summed E-state index contributed by atoms with van der Waals surface area (Å²) in [5.74, 6) is 0.664. The maximum atomic E-state index is 12.1. The number of aliphatic hydroxyl groups excluding tert-OH is 1. The summed E-state index contributed by atoms with van der Waals surface area (Å²) in [4.78, 5) is 12.5. The topological polar surface area (TPSA) is 110 Å². The number of ether oxygens (including phenoxy) is 1. The van der Waals surface area contributed by atoms with Gasteiger partial charge in [-0.1, -0.05) is 12.5 Å². The van der Waals surface area contributed by atoms with Crippen LogP contribution in [0.5, 0.6) is 11.5 Å². The maximum Gasteiger partial charge on any atom is 0.308 e. The Bertz CT molecular complexity index is 953. The van der Waals surface area contributed by atoms with Gasteiger partial charge in [-0.2, -0.15) is 0 Å². The van der Waals surface area contributed by atoms with E-state index in [1.165, 1.54) is 24.8 Å². The first kappa shape index (κ1) is 22.9. The number of benzene rings is 1. The molecule has 1 saturated heterocycles. The van der Waals surface area contributed by atoms with Crippen LogP contribution >= 0.6 is 0 Å². The second kappa shape index (κ2) is 7.59. The van der Waals surface area contributed by atoms with Crippen molar-refractivity contribution in [3.63, 3.8) is 0 Å². The SMILES string of the molecule is CC(C)(C)C(=O)O.Oc1ccc2c3c1O[C@H]1[C@@H](O)CC[C@@]4(O)[C@@H](C2)N(CC2CCC2)CC[C@]314. The van der Waals surface area contributed by atoms with E-state index in [0.29, 0.717) is 18.6 Å². The highest BCUT2D eigenvalue weighted by molar-refractivity contribution is 5.72. The molecule has 7 nitrogen and oxygen atoms in total. The summed E-state index contributed by atoms with van der Waals surface area (Å²) >= 11 is 0. The van der Waals surface area contributed by atoms with Gasteiger partial charge in [-0.3, -0.25) is 9.69 Å². The number of hydrogen-bond acceptors (Lipinski definition) is 6. The van der Waals surface area contributed by atoms with E-state index in [4.69, 9.17) is 9.84 Å². The Labute approximate surface area is 195 Å². The first-order valence-corrected chi connectivity index (χ1v) is 12.4. The standard InChI is InChI=1S/C21H27NO4.C5H10O2/c23-14-5-4-13-10-16-21(25)7-6-15(24)19-20(21,17(13)18(14)26-19)8-9-22(16)11-12-2-1-3-12;1-5(2,3)4(6)7/h4-5,12,15-16,19,23-25H,1-3,6-11H2;1-3H3,(H,6,7)/t15-,16+,19-,20-,21+;/m0./s1. The molecule has 3 aliphatic carbocycles. The van der Waals surface area contributed by atoms with Crippen molar-refractivity contribution in [2.45, 2.75) is 95.0 Å². The number of nitrogens with zero attached hydrogens (tertiary/aromatic N) is 1. The Hall–Kier alpha value is -1.83. The number of hydrogen-bond donors (Lipinski definition) is 4. The van der Waals surface area contributed by atoms with Crippen molar-refractivity contribution in [3.05, 3.63) is 23.3 Å². The third kappa shape index (κ3) is 3.22. The molecule has 1 spiro atoms. The molecule has 0 aromatic heterocycles. The number of carbonyl (C=O) groups is 1. The van der Waals surface area contributed by atoms with Crippen LogP contribution in [-0.4, -0.2) is 68.2 Å². The van der Waals surface area contributed by atoms with Crippen molar-refractivity contribution in [2.24, 2.45) is 11.3 Å². The van der Waals surface area contributed by atoms with Crippen LogP contribution in [0.25, 0.3) is 0 Å². The molecule has 1 aromatic carbocycles. The van der Waals surface area contributed by atoms with Crippen molar-refractivity contribution < 1.29 is 30.0 Å². The highest BCUT2D eigenvalue weighted by Gasteiger charge is 2.72. The summed E-state index contributed by atoms with van der Waals surface area (Å²) in [7, 11) is 0. The molecule has 0 unspecified atom stereocenters. The van der Waals surface area contributed by atoms with Crippen LogP contribution in [0, 0.1) is 11.3 Å². The van der Waals surface area contributed by atoms with E-state index < -0.39 is 34.6 Å². The summed E-state index contributed by atoms with van der Waals surface area (Å²) in [6, 6.07) is 3.80. The van der Waals surface area contributed by atoms with Gasteiger partial charge >= 0.3 is 5.97 Å². The highest BCUT2D eigenvalue weighted by Crippen LogP contribution is 2.65. The second-order valence-electron chi connectivity index (χ2n) is 11.8. The van der Waals surface area contributed by atoms with Crippen molar-refractivity contribution in [3.8, 4) is 11.5 Å². The molecule has 2 aliphatic heterocycles. The molecule has 6 rings (SSSR count). The number of rotatable bonds is 2. The number of likely N-dealkylation sites (tertiary alicyclic amines) is 1.